The van der Waals surface area contributed by atoms with E-state index in [0.29, 0.717) is 46.7 Å². The lowest BCUT2D eigenvalue weighted by atomic mass is 10.0. The van der Waals surface area contributed by atoms with Gasteiger partial charge in [-0.3, -0.25) is 4.57 Å². The molecule has 6 rings (SSSR count). The van der Waals surface area contributed by atoms with Gasteiger partial charge in [-0.15, -0.1) is 0 Å². The van der Waals surface area contributed by atoms with Crippen molar-refractivity contribution in [1.29, 1.82) is 0 Å². The first-order chi connectivity index (χ1) is 22.8. The first-order valence-corrected chi connectivity index (χ1v) is 22.2. The summed E-state index contributed by atoms with van der Waals surface area (Å²) >= 11 is 6.81. The van der Waals surface area contributed by atoms with Crippen molar-refractivity contribution in [3.05, 3.63) is 59.6 Å². The minimum absolute atomic E-state index is 0.207. The highest BCUT2D eigenvalue weighted by Gasteiger charge is 2.49. The lowest BCUT2D eigenvalue weighted by molar-refractivity contribution is 0.00336. The van der Waals surface area contributed by atoms with E-state index in [2.05, 4.69) is 24.0 Å². The highest BCUT2D eigenvalue weighted by atomic mass is 35.5. The molecule has 2 aliphatic rings. The van der Waals surface area contributed by atoms with Crippen molar-refractivity contribution in [3.63, 3.8) is 0 Å². The molecule has 48 heavy (non-hydrogen) atoms. The number of rotatable bonds is 12. The lowest BCUT2D eigenvalue weighted by Gasteiger charge is -2.19. The second-order valence-electron chi connectivity index (χ2n) is 13.6. The Hall–Kier alpha value is -2.88. The summed E-state index contributed by atoms with van der Waals surface area (Å²) in [5.74, 6) is 0. The SMILES string of the molecule is CCN(C)S(C)(=O)=Nc1ccc(-c2ccc(-c3nc4c(cc3Cl)nc(O[C@@H]3CO[C@H]5[C@@H]3OC[C@H]5O)n4COCC[Si](C)(C)C)cc2)cc1. The van der Waals surface area contributed by atoms with Crippen LogP contribution in [0.1, 0.15) is 6.92 Å². The zero-order chi connectivity index (χ0) is 34.2. The normalized spacial score (nSPS) is 22.3. The Morgan fingerprint density at radius 1 is 1.04 bits per heavy atom. The van der Waals surface area contributed by atoms with Gasteiger partial charge in [-0.2, -0.15) is 9.35 Å². The van der Waals surface area contributed by atoms with E-state index in [9.17, 15) is 9.32 Å². The number of halogens is 1. The molecular formula is C34H44ClN5O6SSi. The summed E-state index contributed by atoms with van der Waals surface area (Å²) in [6, 6.07) is 18.9. The minimum atomic E-state index is -2.47. The van der Waals surface area contributed by atoms with Crippen molar-refractivity contribution in [2.45, 2.75) is 63.8 Å². The molecule has 0 bridgehead atoms. The molecule has 14 heteroatoms. The molecule has 0 aliphatic carbocycles. The molecule has 11 nitrogen and oxygen atoms in total. The number of ether oxygens (including phenoxy) is 4. The molecule has 2 saturated heterocycles. The second-order valence-corrected chi connectivity index (χ2v) is 21.9. The number of fused-ring (bicyclic) bond motifs is 2. The van der Waals surface area contributed by atoms with Gasteiger partial charge in [0.05, 0.1) is 29.6 Å². The quantitative estimate of drug-likeness (QED) is 0.136. The van der Waals surface area contributed by atoms with Crippen LogP contribution in [0.25, 0.3) is 33.5 Å². The number of aromatic nitrogens is 3. The van der Waals surface area contributed by atoms with Crippen molar-refractivity contribution < 1.29 is 28.3 Å². The van der Waals surface area contributed by atoms with Gasteiger partial charge in [-0.25, -0.2) is 13.5 Å². The van der Waals surface area contributed by atoms with Gasteiger partial charge in [0.15, 0.2) is 11.8 Å². The molecular weight excluding hydrogens is 670 g/mol. The Balaban J connectivity index is 1.27. The van der Waals surface area contributed by atoms with E-state index in [1.807, 2.05) is 67.1 Å². The summed E-state index contributed by atoms with van der Waals surface area (Å²) < 4.78 is 45.0. The van der Waals surface area contributed by atoms with Crippen LogP contribution in [0.15, 0.2) is 59.0 Å². The van der Waals surface area contributed by atoms with E-state index in [1.54, 1.807) is 16.6 Å². The van der Waals surface area contributed by atoms with Gasteiger partial charge < -0.3 is 24.1 Å². The maximum absolute atomic E-state index is 12.9. The average molecular weight is 714 g/mol. The smallest absolute Gasteiger partial charge is 0.301 e. The van der Waals surface area contributed by atoms with E-state index in [0.717, 1.165) is 22.7 Å². The van der Waals surface area contributed by atoms with Crippen LogP contribution < -0.4 is 4.74 Å². The third-order valence-corrected chi connectivity index (χ3v) is 12.7. The molecule has 5 atom stereocenters. The molecule has 2 aromatic carbocycles. The monoisotopic (exact) mass is 713 g/mol. The number of pyridine rings is 1. The van der Waals surface area contributed by atoms with Gasteiger partial charge in [-0.05, 0) is 35.4 Å². The number of hydrogen-bond acceptors (Lipinski definition) is 9. The zero-order valence-corrected chi connectivity index (χ0v) is 30.8. The van der Waals surface area contributed by atoms with Crippen molar-refractivity contribution >= 4 is 46.4 Å². The maximum Gasteiger partial charge on any atom is 0.301 e. The van der Waals surface area contributed by atoms with Gasteiger partial charge in [0.25, 0.3) is 0 Å². The van der Waals surface area contributed by atoms with Gasteiger partial charge in [0.1, 0.15) is 40.5 Å². The molecule has 1 N–H and O–H groups in total. The van der Waals surface area contributed by atoms with E-state index in [4.69, 9.17) is 40.5 Å². The molecule has 258 valence electrons. The summed E-state index contributed by atoms with van der Waals surface area (Å²) in [6.07, 6.45) is -0.256. The average Bonchev–Trinajstić information content (AvgIpc) is 3.72. The van der Waals surface area contributed by atoms with Crippen LogP contribution in [0, 0.1) is 0 Å². The number of hydrogen-bond donors (Lipinski definition) is 1. The van der Waals surface area contributed by atoms with Crippen molar-refractivity contribution in [1.82, 2.24) is 18.8 Å². The van der Waals surface area contributed by atoms with Gasteiger partial charge >= 0.3 is 6.01 Å². The predicted octanol–water partition coefficient (Wildman–Crippen LogP) is 6.23. The van der Waals surface area contributed by atoms with E-state index < -0.39 is 36.3 Å². The fraction of sp³-hybridized carbons (Fsp3) is 0.471. The third-order valence-electron chi connectivity index (χ3n) is 8.75. The van der Waals surface area contributed by atoms with Crippen molar-refractivity contribution in [2.75, 3.05) is 39.7 Å². The highest BCUT2D eigenvalue weighted by molar-refractivity contribution is 7.90. The fourth-order valence-corrected chi connectivity index (χ4v) is 7.81. The molecule has 0 radical (unpaired) electrons. The molecule has 0 amide bonds. The Bertz CT molecular complexity index is 1870. The number of imidazole rings is 1. The van der Waals surface area contributed by atoms with Crippen LogP contribution in [-0.4, -0.2) is 100 Å². The van der Waals surface area contributed by atoms with E-state index in [1.165, 1.54) is 0 Å². The molecule has 2 fully saturated rings. The fourth-order valence-electron chi connectivity index (χ4n) is 5.67. The minimum Gasteiger partial charge on any atom is -0.456 e. The standard InChI is InChI=1S/C34H44ClN5O6SSi/c1-7-39(2)47(3,42)38-25-14-12-23(13-15-25)22-8-10-24(11-9-22)30-26(35)18-27-33(37-30)40(21-43-16-17-48(4,5)6)34(36-27)46-29-20-45-31-28(41)19-44-32(29)31/h8-15,18,28-29,31-32,41H,7,16-17,19-21H2,1-6H3/t28-,29-,31-,32-,47?/m1/s1. The molecule has 4 aromatic rings. The predicted molar refractivity (Wildman–Crippen MR) is 192 cm³/mol. The zero-order valence-electron chi connectivity index (χ0n) is 28.3. The largest absolute Gasteiger partial charge is 0.456 e. The Labute approximate surface area is 288 Å². The third kappa shape index (κ3) is 7.63. The van der Waals surface area contributed by atoms with Crippen LogP contribution in [0.2, 0.25) is 30.7 Å². The number of aliphatic hydroxyl groups is 1. The van der Waals surface area contributed by atoms with Crippen molar-refractivity contribution in [2.24, 2.45) is 4.36 Å². The second kappa shape index (κ2) is 14.2. The number of benzene rings is 2. The van der Waals surface area contributed by atoms with Crippen molar-refractivity contribution in [3.8, 4) is 28.4 Å². The number of aliphatic hydroxyl groups excluding tert-OH is 1. The Kier molecular flexibility index (Phi) is 10.3. The van der Waals surface area contributed by atoms with E-state index >= 15 is 0 Å². The van der Waals surface area contributed by atoms with Gasteiger partial charge in [-0.1, -0.05) is 74.6 Å². The molecule has 1 unspecified atom stereocenters. The summed E-state index contributed by atoms with van der Waals surface area (Å²) in [4.78, 5) is 9.74. The van der Waals surface area contributed by atoms with Crippen LogP contribution in [0.5, 0.6) is 6.01 Å². The lowest BCUT2D eigenvalue weighted by Crippen LogP contribution is -2.35. The first-order valence-electron chi connectivity index (χ1n) is 16.2. The van der Waals surface area contributed by atoms with Gasteiger partial charge in [0.2, 0.25) is 0 Å². The van der Waals surface area contributed by atoms with E-state index in [-0.39, 0.29) is 26.0 Å². The van der Waals surface area contributed by atoms with Gasteiger partial charge in [0, 0.05) is 40.1 Å². The topological polar surface area (TPSA) is 121 Å². The molecule has 2 aromatic heterocycles. The first kappa shape index (κ1) is 35.0. The highest BCUT2D eigenvalue weighted by Crippen LogP contribution is 2.35. The Morgan fingerprint density at radius 2 is 1.69 bits per heavy atom. The molecule has 0 saturated carbocycles. The van der Waals surface area contributed by atoms with Crippen LogP contribution in [-0.2, 0) is 30.9 Å². The van der Waals surface area contributed by atoms with Crippen LogP contribution in [0.4, 0.5) is 5.69 Å². The Morgan fingerprint density at radius 3 is 2.35 bits per heavy atom. The number of nitrogens with zero attached hydrogens (tertiary/aromatic N) is 5. The summed E-state index contributed by atoms with van der Waals surface area (Å²) in [6.45, 7) is 10.9. The summed E-state index contributed by atoms with van der Waals surface area (Å²) in [5, 5.41) is 10.7. The van der Waals surface area contributed by atoms with Crippen LogP contribution in [0.3, 0.4) is 0 Å². The summed E-state index contributed by atoms with van der Waals surface area (Å²) in [7, 11) is -1.96. The molecule has 0 spiro atoms. The summed E-state index contributed by atoms with van der Waals surface area (Å²) in [5.41, 5.74) is 5.32. The maximum atomic E-state index is 12.9. The van der Waals surface area contributed by atoms with Crippen LogP contribution >= 0.6 is 11.6 Å². The molecule has 4 heterocycles. The molecule has 2 aliphatic heterocycles.